The van der Waals surface area contributed by atoms with E-state index in [1.54, 1.807) is 32.0 Å². The van der Waals surface area contributed by atoms with Gasteiger partial charge in [0.15, 0.2) is 5.78 Å². The highest BCUT2D eigenvalue weighted by Crippen LogP contribution is 2.28. The summed E-state index contributed by atoms with van der Waals surface area (Å²) in [4.78, 5) is 42.2. The fourth-order valence-corrected chi connectivity index (χ4v) is 4.00. The Balaban J connectivity index is 1.71. The first-order valence-electron chi connectivity index (χ1n) is 10.5. The number of benzene rings is 1. The summed E-state index contributed by atoms with van der Waals surface area (Å²) in [5.74, 6) is -0.875. The van der Waals surface area contributed by atoms with Gasteiger partial charge in [0, 0.05) is 30.5 Å². The van der Waals surface area contributed by atoms with E-state index in [9.17, 15) is 31.9 Å². The van der Waals surface area contributed by atoms with Gasteiger partial charge < -0.3 is 4.57 Å². The minimum Gasteiger partial charge on any atom is -0.344 e. The van der Waals surface area contributed by atoms with Crippen LogP contribution in [0.5, 0.6) is 0 Å². The number of nitrogens with zero attached hydrogens (tertiary/aromatic N) is 4. The molecule has 0 saturated carbocycles. The molecular formula is C24H20F4N4O3. The molecule has 182 valence electrons. The first-order valence-corrected chi connectivity index (χ1v) is 10.5. The second kappa shape index (κ2) is 8.64. The number of aryl methyl sites for hydroxylation is 2. The Bertz CT molecular complexity index is 1580. The molecule has 0 amide bonds. The Morgan fingerprint density at radius 3 is 2.29 bits per heavy atom. The number of rotatable bonds is 5. The summed E-state index contributed by atoms with van der Waals surface area (Å²) in [6.07, 6.45) is -4.74. The molecular weight excluding hydrogens is 468 g/mol. The molecule has 0 saturated heterocycles. The molecule has 4 rings (SSSR count). The molecule has 0 atom stereocenters. The van der Waals surface area contributed by atoms with E-state index in [0.717, 1.165) is 21.9 Å². The van der Waals surface area contributed by atoms with Crippen molar-refractivity contribution in [3.05, 3.63) is 97.3 Å². The number of halogens is 4. The predicted octanol–water partition coefficient (Wildman–Crippen LogP) is 3.60. The third-order valence-corrected chi connectivity index (χ3v) is 5.91. The van der Waals surface area contributed by atoms with Crippen LogP contribution in [0.3, 0.4) is 0 Å². The molecule has 4 aromatic rings. The summed E-state index contributed by atoms with van der Waals surface area (Å²) in [6, 6.07) is 9.17. The van der Waals surface area contributed by atoms with Crippen LogP contribution in [0.25, 0.3) is 11.0 Å². The van der Waals surface area contributed by atoms with Crippen LogP contribution in [0.1, 0.15) is 33.0 Å². The van der Waals surface area contributed by atoms with Gasteiger partial charge in [-0.2, -0.15) is 13.2 Å². The maximum Gasteiger partial charge on any atom is 0.433 e. The molecule has 0 bridgehead atoms. The van der Waals surface area contributed by atoms with Crippen molar-refractivity contribution in [1.82, 2.24) is 18.7 Å². The average molecular weight is 488 g/mol. The Hall–Kier alpha value is -4.02. The predicted molar refractivity (Wildman–Crippen MR) is 120 cm³/mol. The fraction of sp³-hybridized carbons (Fsp3) is 0.250. The van der Waals surface area contributed by atoms with Gasteiger partial charge in [-0.05, 0) is 49.7 Å². The third-order valence-electron chi connectivity index (χ3n) is 5.91. The Morgan fingerprint density at radius 2 is 1.66 bits per heavy atom. The van der Waals surface area contributed by atoms with E-state index in [1.807, 2.05) is 4.57 Å². The monoisotopic (exact) mass is 488 g/mol. The van der Waals surface area contributed by atoms with Crippen LogP contribution < -0.4 is 11.2 Å². The zero-order valence-corrected chi connectivity index (χ0v) is 19.0. The second-order valence-corrected chi connectivity index (χ2v) is 8.22. The van der Waals surface area contributed by atoms with Crippen molar-refractivity contribution in [3.63, 3.8) is 0 Å². The number of fused-ring (bicyclic) bond motifs is 1. The molecule has 1 aromatic carbocycles. The van der Waals surface area contributed by atoms with Gasteiger partial charge in [-0.15, -0.1) is 0 Å². The molecule has 0 N–H and O–H groups in total. The maximum atomic E-state index is 13.2. The number of pyridine rings is 1. The Kier molecular flexibility index (Phi) is 5.95. The molecule has 7 nitrogen and oxygen atoms in total. The standard InChI is InChI=1S/C24H20F4N4O3/c1-13-10-18(14(2)31(13)11-15-4-6-16(25)7-5-15)19(33)12-32-22(34)17-8-9-20(24(26,27)28)29-21(17)30(3)23(32)35/h4-10H,11-12H2,1-3H3. The molecule has 0 spiro atoms. The van der Waals surface area contributed by atoms with Crippen molar-refractivity contribution in [1.29, 1.82) is 0 Å². The summed E-state index contributed by atoms with van der Waals surface area (Å²) in [7, 11) is 1.19. The van der Waals surface area contributed by atoms with Gasteiger partial charge in [-0.3, -0.25) is 18.7 Å². The van der Waals surface area contributed by atoms with Crippen LogP contribution in [-0.2, 0) is 26.3 Å². The average Bonchev–Trinajstić information content (AvgIpc) is 3.09. The summed E-state index contributed by atoms with van der Waals surface area (Å²) in [6.45, 7) is 3.30. The highest BCUT2D eigenvalue weighted by molar-refractivity contribution is 5.97. The molecule has 0 aliphatic heterocycles. The van der Waals surface area contributed by atoms with Crippen molar-refractivity contribution in [2.45, 2.75) is 33.1 Å². The van der Waals surface area contributed by atoms with Crippen molar-refractivity contribution in [2.75, 3.05) is 0 Å². The van der Waals surface area contributed by atoms with E-state index in [4.69, 9.17) is 0 Å². The van der Waals surface area contributed by atoms with E-state index in [-0.39, 0.29) is 11.2 Å². The first-order chi connectivity index (χ1) is 16.4. The molecule has 11 heteroatoms. The van der Waals surface area contributed by atoms with E-state index in [1.165, 1.54) is 19.2 Å². The topological polar surface area (TPSA) is 78.9 Å². The highest BCUT2D eigenvalue weighted by Gasteiger charge is 2.33. The number of aromatic nitrogens is 4. The van der Waals surface area contributed by atoms with Crippen LogP contribution >= 0.6 is 0 Å². The first kappa shape index (κ1) is 24.1. The fourth-order valence-electron chi connectivity index (χ4n) is 4.00. The van der Waals surface area contributed by atoms with Gasteiger partial charge in [0.2, 0.25) is 0 Å². The minimum atomic E-state index is -4.74. The number of ketones is 1. The molecule has 0 unspecified atom stereocenters. The summed E-state index contributed by atoms with van der Waals surface area (Å²) < 4.78 is 55.6. The smallest absolute Gasteiger partial charge is 0.344 e. The van der Waals surface area contributed by atoms with E-state index < -0.39 is 41.1 Å². The van der Waals surface area contributed by atoms with Gasteiger partial charge in [0.1, 0.15) is 17.2 Å². The SMILES string of the molecule is Cc1cc(C(=O)Cn2c(=O)c3ccc(C(F)(F)F)nc3n(C)c2=O)c(C)n1Cc1ccc(F)cc1. The van der Waals surface area contributed by atoms with Gasteiger partial charge in [0.25, 0.3) is 5.56 Å². The third kappa shape index (κ3) is 4.41. The number of carbonyl (C=O) groups excluding carboxylic acids is 1. The van der Waals surface area contributed by atoms with Crippen molar-refractivity contribution >= 4 is 16.8 Å². The van der Waals surface area contributed by atoms with E-state index >= 15 is 0 Å². The highest BCUT2D eigenvalue weighted by atomic mass is 19.4. The maximum absolute atomic E-state index is 13.2. The number of hydrogen-bond acceptors (Lipinski definition) is 4. The molecule has 3 heterocycles. The van der Waals surface area contributed by atoms with Gasteiger partial charge in [0.05, 0.1) is 11.9 Å². The molecule has 35 heavy (non-hydrogen) atoms. The lowest BCUT2D eigenvalue weighted by Gasteiger charge is -2.12. The van der Waals surface area contributed by atoms with E-state index in [2.05, 4.69) is 4.98 Å². The number of hydrogen-bond donors (Lipinski definition) is 0. The lowest BCUT2D eigenvalue weighted by atomic mass is 10.1. The summed E-state index contributed by atoms with van der Waals surface area (Å²) >= 11 is 0. The number of alkyl halides is 3. The summed E-state index contributed by atoms with van der Waals surface area (Å²) in [5.41, 5.74) is -1.06. The molecule has 0 fully saturated rings. The lowest BCUT2D eigenvalue weighted by molar-refractivity contribution is -0.141. The van der Waals surface area contributed by atoms with Crippen molar-refractivity contribution < 1.29 is 22.4 Å². The van der Waals surface area contributed by atoms with Crippen molar-refractivity contribution in [2.24, 2.45) is 7.05 Å². The second-order valence-electron chi connectivity index (χ2n) is 8.22. The van der Waals surface area contributed by atoms with Gasteiger partial charge in [-0.1, -0.05) is 12.1 Å². The van der Waals surface area contributed by atoms with Crippen LogP contribution in [-0.4, -0.2) is 24.5 Å². The van der Waals surface area contributed by atoms with Crippen LogP contribution in [0.2, 0.25) is 0 Å². The zero-order valence-electron chi connectivity index (χ0n) is 19.0. The van der Waals surface area contributed by atoms with E-state index in [0.29, 0.717) is 28.4 Å². The summed E-state index contributed by atoms with van der Waals surface area (Å²) in [5, 5.41) is -0.213. The largest absolute Gasteiger partial charge is 0.433 e. The molecule has 0 radical (unpaired) electrons. The van der Waals surface area contributed by atoms with Gasteiger partial charge >= 0.3 is 11.9 Å². The van der Waals surface area contributed by atoms with Crippen LogP contribution in [0.15, 0.2) is 52.1 Å². The Morgan fingerprint density at radius 1 is 1.00 bits per heavy atom. The molecule has 0 aliphatic rings. The Labute approximate surface area is 195 Å². The van der Waals surface area contributed by atoms with Gasteiger partial charge in [-0.25, -0.2) is 14.2 Å². The minimum absolute atomic E-state index is 0.213. The lowest BCUT2D eigenvalue weighted by Crippen LogP contribution is -2.41. The van der Waals surface area contributed by atoms with Crippen molar-refractivity contribution in [3.8, 4) is 0 Å². The molecule has 0 aliphatic carbocycles. The van der Waals surface area contributed by atoms with Crippen LogP contribution in [0, 0.1) is 19.7 Å². The zero-order chi connectivity index (χ0) is 25.7. The quantitative estimate of drug-likeness (QED) is 0.318. The number of Topliss-reactive ketones (excluding diaryl/α,β-unsaturated/α-hetero) is 1. The number of carbonyl (C=O) groups is 1. The normalized spacial score (nSPS) is 11.9. The van der Waals surface area contributed by atoms with Crippen LogP contribution in [0.4, 0.5) is 17.6 Å². The molecule has 3 aromatic heterocycles.